The molecule has 2 aliphatic rings. The molecule has 2 saturated heterocycles. The van der Waals surface area contributed by atoms with Gasteiger partial charge in [0.1, 0.15) is 6.04 Å². The molecule has 0 N–H and O–H groups in total. The first-order valence-corrected chi connectivity index (χ1v) is 7.74. The van der Waals surface area contributed by atoms with Crippen LogP contribution in [0.4, 0.5) is 0 Å². The lowest BCUT2D eigenvalue weighted by Gasteiger charge is -2.20. The molecule has 3 heterocycles. The molecule has 3 rings (SSSR count). The average Bonchev–Trinajstić information content (AvgIpc) is 3.15. The Bertz CT molecular complexity index is 616. The van der Waals surface area contributed by atoms with Gasteiger partial charge in [-0.25, -0.2) is 0 Å². The predicted octanol–water partition coefficient (Wildman–Crippen LogP) is 1.33. The van der Waals surface area contributed by atoms with E-state index in [0.29, 0.717) is 24.9 Å². The van der Waals surface area contributed by atoms with Crippen LogP contribution in [0, 0.1) is 13.8 Å². The number of likely N-dealkylation sites (N-methyl/N-ethyl adjacent to an activating group) is 1. The van der Waals surface area contributed by atoms with E-state index in [1.54, 1.807) is 23.8 Å². The lowest BCUT2D eigenvalue weighted by molar-refractivity contribution is -0.127. The molecule has 0 radical (unpaired) electrons. The fourth-order valence-electron chi connectivity index (χ4n) is 3.55. The van der Waals surface area contributed by atoms with Crippen LogP contribution in [0.5, 0.6) is 0 Å². The topological polar surface area (TPSA) is 54.8 Å². The van der Waals surface area contributed by atoms with Crippen LogP contribution in [-0.4, -0.2) is 59.2 Å². The van der Waals surface area contributed by atoms with Gasteiger partial charge in [0.05, 0.1) is 24.9 Å². The van der Waals surface area contributed by atoms with E-state index in [-0.39, 0.29) is 11.8 Å². The standard InChI is InChI=1S/C16H23N3O3/c1-10-7-14(11(2)19(10)13-5-6-22-8-13)16(21)18-9-17(4)15(20)12(18)3/h7,12-13H,5-6,8-9H2,1-4H3. The first-order valence-electron chi connectivity index (χ1n) is 7.74. The number of hydrogen-bond donors (Lipinski definition) is 0. The van der Waals surface area contributed by atoms with Crippen molar-refractivity contribution in [2.24, 2.45) is 0 Å². The number of aryl methyl sites for hydroxylation is 1. The molecule has 120 valence electrons. The summed E-state index contributed by atoms with van der Waals surface area (Å²) in [5.41, 5.74) is 2.73. The minimum absolute atomic E-state index is 0.00801. The number of aromatic nitrogens is 1. The van der Waals surface area contributed by atoms with Crippen molar-refractivity contribution in [2.45, 2.75) is 39.3 Å². The number of rotatable bonds is 2. The van der Waals surface area contributed by atoms with E-state index >= 15 is 0 Å². The third-order valence-electron chi connectivity index (χ3n) is 4.81. The van der Waals surface area contributed by atoms with Gasteiger partial charge in [0.2, 0.25) is 5.91 Å². The Morgan fingerprint density at radius 2 is 2.09 bits per heavy atom. The van der Waals surface area contributed by atoms with Crippen LogP contribution in [0.2, 0.25) is 0 Å². The highest BCUT2D eigenvalue weighted by Crippen LogP contribution is 2.28. The molecule has 22 heavy (non-hydrogen) atoms. The zero-order valence-corrected chi connectivity index (χ0v) is 13.6. The van der Waals surface area contributed by atoms with Crippen molar-refractivity contribution in [3.05, 3.63) is 23.0 Å². The monoisotopic (exact) mass is 305 g/mol. The molecule has 0 saturated carbocycles. The average molecular weight is 305 g/mol. The Balaban J connectivity index is 1.91. The number of carbonyl (C=O) groups excluding carboxylic acids is 2. The van der Waals surface area contributed by atoms with Crippen molar-refractivity contribution in [1.82, 2.24) is 14.4 Å². The van der Waals surface area contributed by atoms with Gasteiger partial charge in [-0.15, -0.1) is 0 Å². The van der Waals surface area contributed by atoms with Gasteiger partial charge in [0, 0.05) is 25.0 Å². The van der Waals surface area contributed by atoms with Gasteiger partial charge in [-0.05, 0) is 33.3 Å². The molecule has 2 unspecified atom stereocenters. The predicted molar refractivity (Wildman–Crippen MR) is 81.6 cm³/mol. The molecule has 2 fully saturated rings. The van der Waals surface area contributed by atoms with Crippen LogP contribution in [0.3, 0.4) is 0 Å². The molecule has 2 amide bonds. The third-order valence-corrected chi connectivity index (χ3v) is 4.81. The van der Waals surface area contributed by atoms with E-state index in [1.807, 2.05) is 19.9 Å². The van der Waals surface area contributed by atoms with Gasteiger partial charge >= 0.3 is 0 Å². The summed E-state index contributed by atoms with van der Waals surface area (Å²) in [7, 11) is 1.73. The van der Waals surface area contributed by atoms with Gasteiger partial charge in [0.25, 0.3) is 5.91 Å². The van der Waals surface area contributed by atoms with E-state index < -0.39 is 6.04 Å². The molecule has 1 aromatic rings. The Hall–Kier alpha value is -1.82. The summed E-state index contributed by atoms with van der Waals surface area (Å²) in [5, 5.41) is 0. The second kappa shape index (κ2) is 5.43. The van der Waals surface area contributed by atoms with Crippen molar-refractivity contribution < 1.29 is 14.3 Å². The molecule has 1 aromatic heterocycles. The maximum Gasteiger partial charge on any atom is 0.257 e. The number of carbonyl (C=O) groups is 2. The Kier molecular flexibility index (Phi) is 3.72. The summed E-state index contributed by atoms with van der Waals surface area (Å²) >= 11 is 0. The lowest BCUT2D eigenvalue weighted by atomic mass is 10.2. The number of nitrogens with zero attached hydrogens (tertiary/aromatic N) is 3. The zero-order chi connectivity index (χ0) is 16.0. The normalized spacial score (nSPS) is 25.4. The fraction of sp³-hybridized carbons (Fsp3) is 0.625. The largest absolute Gasteiger partial charge is 0.379 e. The van der Waals surface area contributed by atoms with Crippen LogP contribution in [0.15, 0.2) is 6.07 Å². The second-order valence-corrected chi connectivity index (χ2v) is 6.30. The highest BCUT2D eigenvalue weighted by atomic mass is 16.5. The summed E-state index contributed by atoms with van der Waals surface area (Å²) in [6.07, 6.45) is 0.978. The van der Waals surface area contributed by atoms with E-state index in [0.717, 1.165) is 24.4 Å². The molecular weight excluding hydrogens is 282 g/mol. The van der Waals surface area contributed by atoms with Crippen molar-refractivity contribution in [2.75, 3.05) is 26.9 Å². The van der Waals surface area contributed by atoms with Gasteiger partial charge in [0.15, 0.2) is 0 Å². The molecule has 6 heteroatoms. The Labute approximate surface area is 130 Å². The minimum atomic E-state index is -0.393. The van der Waals surface area contributed by atoms with Crippen LogP contribution in [0.1, 0.15) is 41.1 Å². The van der Waals surface area contributed by atoms with Crippen molar-refractivity contribution in [1.29, 1.82) is 0 Å². The smallest absolute Gasteiger partial charge is 0.257 e. The summed E-state index contributed by atoms with van der Waals surface area (Å²) < 4.78 is 7.67. The van der Waals surface area contributed by atoms with E-state index in [9.17, 15) is 9.59 Å². The highest BCUT2D eigenvalue weighted by molar-refractivity contribution is 6.00. The van der Waals surface area contributed by atoms with Gasteiger partial charge in [-0.3, -0.25) is 9.59 Å². The Morgan fingerprint density at radius 3 is 2.64 bits per heavy atom. The second-order valence-electron chi connectivity index (χ2n) is 6.30. The van der Waals surface area contributed by atoms with Crippen LogP contribution in [0.25, 0.3) is 0 Å². The molecule has 0 aromatic carbocycles. The van der Waals surface area contributed by atoms with Gasteiger partial charge < -0.3 is 19.1 Å². The Morgan fingerprint density at radius 1 is 1.36 bits per heavy atom. The SMILES string of the molecule is Cc1cc(C(=O)N2CN(C)C(=O)C2C)c(C)n1C1CCOC1. The third kappa shape index (κ3) is 2.22. The van der Waals surface area contributed by atoms with E-state index in [1.165, 1.54) is 0 Å². The fourth-order valence-corrected chi connectivity index (χ4v) is 3.55. The zero-order valence-electron chi connectivity index (χ0n) is 13.6. The van der Waals surface area contributed by atoms with E-state index in [2.05, 4.69) is 4.57 Å². The lowest BCUT2D eigenvalue weighted by Crippen LogP contribution is -2.36. The van der Waals surface area contributed by atoms with Crippen molar-refractivity contribution in [3.63, 3.8) is 0 Å². The first kappa shape index (κ1) is 15.1. The summed E-state index contributed by atoms with van der Waals surface area (Å²) in [4.78, 5) is 28.0. The van der Waals surface area contributed by atoms with Gasteiger partial charge in [-0.1, -0.05) is 0 Å². The van der Waals surface area contributed by atoms with Crippen LogP contribution < -0.4 is 0 Å². The van der Waals surface area contributed by atoms with E-state index in [4.69, 9.17) is 4.74 Å². The summed E-state index contributed by atoms with van der Waals surface area (Å²) in [6, 6.07) is 1.85. The molecule has 0 aliphatic carbocycles. The first-order chi connectivity index (χ1) is 10.4. The molecule has 0 spiro atoms. The van der Waals surface area contributed by atoms with Crippen LogP contribution >= 0.6 is 0 Å². The molecular formula is C16H23N3O3. The molecule has 2 atom stereocenters. The molecule has 0 bridgehead atoms. The molecule has 6 nitrogen and oxygen atoms in total. The number of ether oxygens (including phenoxy) is 1. The van der Waals surface area contributed by atoms with Crippen LogP contribution in [-0.2, 0) is 9.53 Å². The summed E-state index contributed by atoms with van der Waals surface area (Å²) in [6.45, 7) is 7.61. The minimum Gasteiger partial charge on any atom is -0.379 e. The maximum atomic E-state index is 12.9. The van der Waals surface area contributed by atoms with Crippen molar-refractivity contribution >= 4 is 11.8 Å². The van der Waals surface area contributed by atoms with Crippen molar-refractivity contribution in [3.8, 4) is 0 Å². The maximum absolute atomic E-state index is 12.9. The van der Waals surface area contributed by atoms with Gasteiger partial charge in [-0.2, -0.15) is 0 Å². The summed E-state index contributed by atoms with van der Waals surface area (Å²) in [5.74, 6) is -0.0742. The quantitative estimate of drug-likeness (QED) is 0.828. The number of hydrogen-bond acceptors (Lipinski definition) is 3. The molecule has 2 aliphatic heterocycles. The number of amides is 2. The highest BCUT2D eigenvalue weighted by Gasteiger charge is 2.37.